The molecule has 8 heteroatoms. The van der Waals surface area contributed by atoms with E-state index < -0.39 is 17.9 Å². The average Bonchev–Trinajstić information content (AvgIpc) is 1.81. The van der Waals surface area contributed by atoms with Crippen LogP contribution < -0.4 is 0 Å². The summed E-state index contributed by atoms with van der Waals surface area (Å²) in [5.41, 5.74) is 0. The minimum Gasteiger partial charge on any atom is -0.481 e. The van der Waals surface area contributed by atoms with Gasteiger partial charge in [-0.05, 0) is 0 Å². The molecular weight excluding hydrogens is 255 g/mol. The van der Waals surface area contributed by atoms with Crippen molar-refractivity contribution in [1.29, 1.82) is 0 Å². The third-order valence-electron chi connectivity index (χ3n) is 0. The molecular formula is C8H20AlClO6. The van der Waals surface area contributed by atoms with Gasteiger partial charge in [0, 0.05) is 20.8 Å². The molecule has 0 aromatic heterocycles. The summed E-state index contributed by atoms with van der Waals surface area (Å²) in [5.74, 6) is -2.50. The van der Waals surface area contributed by atoms with E-state index in [1.807, 2.05) is 0 Å². The highest BCUT2D eigenvalue weighted by atomic mass is 35.5. The molecule has 0 aromatic carbocycles. The number of aliphatic carboxylic acids is 3. The molecule has 98 valence electrons. The molecule has 0 spiro atoms. The summed E-state index contributed by atoms with van der Waals surface area (Å²) in [6.07, 6.45) is 0. The first-order valence-corrected chi connectivity index (χ1v) is 5.61. The fourth-order valence-corrected chi connectivity index (χ4v) is 0. The molecule has 16 heavy (non-hydrogen) atoms. The summed E-state index contributed by atoms with van der Waals surface area (Å²) in [5, 5.41) is 23.6. The van der Waals surface area contributed by atoms with Crippen LogP contribution in [-0.2, 0) is 14.4 Å². The Labute approximate surface area is 109 Å². The fraction of sp³-hybridized carbons (Fsp3) is 0.625. The van der Waals surface area contributed by atoms with Gasteiger partial charge >= 0.3 is 0 Å². The van der Waals surface area contributed by atoms with Crippen molar-refractivity contribution >= 4 is 46.6 Å². The van der Waals surface area contributed by atoms with Crippen LogP contribution in [0.1, 0.15) is 27.7 Å². The van der Waals surface area contributed by atoms with E-state index >= 15 is 0 Å². The van der Waals surface area contributed by atoms with Gasteiger partial charge in [-0.1, -0.05) is 6.92 Å². The first-order chi connectivity index (χ1) is 6.61. The Kier molecular flexibility index (Phi) is 53.8. The zero-order chi connectivity index (χ0) is 13.4. The Morgan fingerprint density at radius 1 is 0.875 bits per heavy atom. The van der Waals surface area contributed by atoms with Crippen LogP contribution in [0.2, 0.25) is 5.28 Å². The third kappa shape index (κ3) is 3360. The standard InChI is InChI=1S/3C2H4O2.C2H5.Al.ClH.2H/c3*1-2(3)4;1-2;;;;/h3*1H3,(H,3,4);1H2,2H3;;1H;;. The van der Waals surface area contributed by atoms with Crippen molar-refractivity contribution in [2.45, 2.75) is 33.0 Å². The van der Waals surface area contributed by atoms with Gasteiger partial charge in [0.25, 0.3) is 17.9 Å². The second-order valence-corrected chi connectivity index (χ2v) is 3.68. The predicted molar refractivity (Wildman–Crippen MR) is 66.2 cm³/mol. The second-order valence-electron chi connectivity index (χ2n) is 2.26. The Balaban J connectivity index is -0.0000000331. The smallest absolute Gasteiger partial charge is 0.300 e. The summed E-state index contributed by atoms with van der Waals surface area (Å²) < 4.78 is 0. The molecule has 3 N–H and O–H groups in total. The number of halogens is 1. The van der Waals surface area contributed by atoms with Gasteiger partial charge in [0.15, 0.2) is 0 Å². The Morgan fingerprint density at radius 2 is 0.875 bits per heavy atom. The lowest BCUT2D eigenvalue weighted by Gasteiger charge is -1.59. The summed E-state index contributed by atoms with van der Waals surface area (Å²) in [6.45, 7) is 5.44. The molecule has 0 amide bonds. The van der Waals surface area contributed by atoms with Crippen LogP contribution in [0.15, 0.2) is 0 Å². The Bertz CT molecular complexity index is 133. The molecule has 0 heterocycles. The van der Waals surface area contributed by atoms with Gasteiger partial charge < -0.3 is 15.3 Å². The van der Waals surface area contributed by atoms with E-state index in [1.54, 1.807) is 0 Å². The Hall–Kier alpha value is -0.768. The van der Waals surface area contributed by atoms with Crippen molar-refractivity contribution in [1.82, 2.24) is 0 Å². The van der Waals surface area contributed by atoms with E-state index in [1.165, 1.54) is 21.6 Å². The van der Waals surface area contributed by atoms with Crippen LogP contribution in [0.4, 0.5) is 0 Å². The number of hydrogen-bond acceptors (Lipinski definition) is 3. The molecule has 0 aromatic rings. The molecule has 0 radical (unpaired) electrons. The fourth-order valence-electron chi connectivity index (χ4n) is 0. The maximum atomic E-state index is 9.00. The van der Waals surface area contributed by atoms with Crippen LogP contribution in [0.5, 0.6) is 0 Å². The molecule has 0 aliphatic rings. The summed E-state index contributed by atoms with van der Waals surface area (Å²) in [7, 11) is 0. The van der Waals surface area contributed by atoms with E-state index in [0.717, 1.165) is 20.8 Å². The highest BCUT2D eigenvalue weighted by molar-refractivity contribution is 6.08. The zero-order valence-corrected chi connectivity index (χ0v) is 13.0. The highest BCUT2D eigenvalue weighted by Crippen LogP contribution is 1.49. The van der Waals surface area contributed by atoms with E-state index in [2.05, 4.69) is 6.92 Å². The largest absolute Gasteiger partial charge is 0.481 e. The zero-order valence-electron chi connectivity index (χ0n) is 10.2. The van der Waals surface area contributed by atoms with Gasteiger partial charge in [0.2, 0.25) is 16.3 Å². The predicted octanol–water partition coefficient (Wildman–Crippen LogP) is 0.752. The molecule has 0 rings (SSSR count). The lowest BCUT2D eigenvalue weighted by molar-refractivity contribution is -0.135. The van der Waals surface area contributed by atoms with Gasteiger partial charge in [-0.2, -0.15) is 0 Å². The summed E-state index contributed by atoms with van der Waals surface area (Å²) in [6, 6.07) is 0. The van der Waals surface area contributed by atoms with Gasteiger partial charge in [0.1, 0.15) is 0 Å². The number of carbonyl (C=O) groups is 3. The monoisotopic (exact) mass is 274 g/mol. The first kappa shape index (κ1) is 29.5. The van der Waals surface area contributed by atoms with Gasteiger partial charge in [-0.15, -0.1) is 17.7 Å². The quantitative estimate of drug-likeness (QED) is 0.562. The van der Waals surface area contributed by atoms with Crippen molar-refractivity contribution in [2.24, 2.45) is 0 Å². The Morgan fingerprint density at radius 3 is 0.875 bits per heavy atom. The lowest BCUT2D eigenvalue weighted by atomic mass is 10.9. The minimum atomic E-state index is -0.833. The van der Waals surface area contributed by atoms with E-state index in [4.69, 9.17) is 29.7 Å². The molecule has 0 bridgehead atoms. The minimum absolute atomic E-state index is 0. The molecule has 0 saturated carbocycles. The lowest BCUT2D eigenvalue weighted by Crippen LogP contribution is -1.78. The van der Waals surface area contributed by atoms with E-state index in [9.17, 15) is 0 Å². The van der Waals surface area contributed by atoms with Gasteiger partial charge in [0.05, 0.1) is 0 Å². The van der Waals surface area contributed by atoms with E-state index in [0.29, 0.717) is 0 Å². The highest BCUT2D eigenvalue weighted by Gasteiger charge is 1.66. The number of carboxylic acids is 3. The average molecular weight is 275 g/mol. The first-order valence-electron chi connectivity index (χ1n) is 4.20. The molecule has 0 fully saturated rings. The van der Waals surface area contributed by atoms with Crippen LogP contribution in [0, 0.1) is 0 Å². The third-order valence-corrected chi connectivity index (χ3v) is 0. The van der Waals surface area contributed by atoms with Crippen molar-refractivity contribution in [3.8, 4) is 0 Å². The van der Waals surface area contributed by atoms with Crippen molar-refractivity contribution in [3.05, 3.63) is 0 Å². The SMILES string of the molecule is CC(=O)O.CC(=O)O.CC(=O)O.C[CH2][AlH2].Cl. The van der Waals surface area contributed by atoms with Crippen LogP contribution in [0.25, 0.3) is 0 Å². The molecule has 0 atom stereocenters. The molecule has 0 aliphatic heterocycles. The summed E-state index contributed by atoms with van der Waals surface area (Å²) >= 11 is 1.37. The molecule has 0 saturated heterocycles. The van der Waals surface area contributed by atoms with Crippen molar-refractivity contribution < 1.29 is 29.7 Å². The van der Waals surface area contributed by atoms with Crippen molar-refractivity contribution in [2.75, 3.05) is 0 Å². The van der Waals surface area contributed by atoms with Gasteiger partial charge in [-0.25, -0.2) is 0 Å². The second kappa shape index (κ2) is 29.2. The topological polar surface area (TPSA) is 112 Å². The number of carboxylic acid groups (broad SMARTS) is 3. The maximum Gasteiger partial charge on any atom is 0.300 e. The normalized spacial score (nSPS) is 5.75. The van der Waals surface area contributed by atoms with Crippen molar-refractivity contribution in [3.63, 3.8) is 0 Å². The maximum absolute atomic E-state index is 9.00. The summed E-state index contributed by atoms with van der Waals surface area (Å²) in [4.78, 5) is 27.0. The molecule has 0 unspecified atom stereocenters. The molecule has 0 aliphatic carbocycles. The van der Waals surface area contributed by atoms with Crippen LogP contribution in [0.3, 0.4) is 0 Å². The van der Waals surface area contributed by atoms with Crippen LogP contribution in [-0.4, -0.2) is 49.5 Å². The van der Waals surface area contributed by atoms with E-state index in [-0.39, 0.29) is 12.4 Å². The number of rotatable bonds is 0. The van der Waals surface area contributed by atoms with Crippen LogP contribution >= 0.6 is 12.4 Å². The molecule has 6 nitrogen and oxygen atoms in total. The number of hydrogen-bond donors (Lipinski definition) is 3. The van der Waals surface area contributed by atoms with Gasteiger partial charge in [-0.3, -0.25) is 14.4 Å².